The van der Waals surface area contributed by atoms with E-state index in [2.05, 4.69) is 5.32 Å². The van der Waals surface area contributed by atoms with E-state index in [-0.39, 0.29) is 13.2 Å². The normalized spacial score (nSPS) is 30.4. The number of benzene rings is 2. The molecule has 3 aliphatic heterocycles. The topological polar surface area (TPSA) is 219 Å². The molecule has 306 valence electrons. The van der Waals surface area contributed by atoms with Gasteiger partial charge in [-0.15, -0.1) is 0 Å². The van der Waals surface area contributed by atoms with Gasteiger partial charge < -0.3 is 62.5 Å². The summed E-state index contributed by atoms with van der Waals surface area (Å²) in [6.07, 6.45) is -13.0. The zero-order chi connectivity index (χ0) is 40.4. The average molecular weight is 790 g/mol. The molecule has 0 bridgehead atoms. The third kappa shape index (κ3) is 10.6. The van der Waals surface area contributed by atoms with Crippen molar-refractivity contribution in [2.75, 3.05) is 27.4 Å². The average Bonchev–Trinajstić information content (AvgIpc) is 3.17. The van der Waals surface area contributed by atoms with Gasteiger partial charge in [-0.2, -0.15) is 0 Å². The Morgan fingerprint density at radius 2 is 1.52 bits per heavy atom. The first-order valence-electron chi connectivity index (χ1n) is 17.9. The van der Waals surface area contributed by atoms with Crippen molar-refractivity contribution >= 4 is 30.0 Å². The Bertz CT molecular complexity index is 1650. The third-order valence-corrected chi connectivity index (χ3v) is 9.25. The highest BCUT2D eigenvalue weighted by Gasteiger charge is 2.61. The Hall–Kier alpha value is -4.69. The number of carbonyl (C=O) groups is 5. The number of hydrogen-bond donors (Lipinski definition) is 2. The van der Waals surface area contributed by atoms with Gasteiger partial charge in [-0.1, -0.05) is 60.7 Å². The Labute approximate surface area is 322 Å². The zero-order valence-electron chi connectivity index (χ0n) is 31.6. The van der Waals surface area contributed by atoms with E-state index in [1.807, 2.05) is 60.7 Å². The van der Waals surface area contributed by atoms with Crippen molar-refractivity contribution in [3.05, 3.63) is 71.8 Å². The van der Waals surface area contributed by atoms with Crippen molar-refractivity contribution in [3.8, 4) is 0 Å². The number of methoxy groups -OCH3 is 2. The Balaban J connectivity index is 1.44. The molecular weight excluding hydrogens is 742 g/mol. The lowest BCUT2D eigenvalue weighted by molar-refractivity contribution is -0.345. The highest BCUT2D eigenvalue weighted by Crippen LogP contribution is 2.39. The van der Waals surface area contributed by atoms with Crippen LogP contribution in [0.4, 0.5) is 4.79 Å². The Morgan fingerprint density at radius 1 is 0.893 bits per heavy atom. The van der Waals surface area contributed by atoms with E-state index < -0.39 is 117 Å². The van der Waals surface area contributed by atoms with E-state index in [1.54, 1.807) is 0 Å². The van der Waals surface area contributed by atoms with Crippen LogP contribution >= 0.6 is 0 Å². The predicted octanol–water partition coefficient (Wildman–Crippen LogP) is 1.47. The summed E-state index contributed by atoms with van der Waals surface area (Å²) >= 11 is 0. The highest BCUT2D eigenvalue weighted by molar-refractivity contribution is 5.78. The lowest BCUT2D eigenvalue weighted by Gasteiger charge is -2.51. The van der Waals surface area contributed by atoms with Crippen LogP contribution in [0.5, 0.6) is 0 Å². The fourth-order valence-corrected chi connectivity index (χ4v) is 6.75. The van der Waals surface area contributed by atoms with Crippen LogP contribution in [0.15, 0.2) is 60.7 Å². The van der Waals surface area contributed by atoms with E-state index >= 15 is 0 Å². The molecule has 18 heteroatoms. The molecule has 11 atom stereocenters. The molecule has 0 aliphatic carbocycles. The number of aliphatic hydroxyl groups is 1. The number of aliphatic hydroxyl groups excluding tert-OH is 1. The minimum Gasteiger partial charge on any atom is -0.465 e. The van der Waals surface area contributed by atoms with Crippen molar-refractivity contribution in [1.29, 1.82) is 0 Å². The summed E-state index contributed by atoms with van der Waals surface area (Å²) in [7, 11) is 2.46. The van der Waals surface area contributed by atoms with Gasteiger partial charge in [0.1, 0.15) is 43.2 Å². The molecule has 0 saturated carbocycles. The number of cyclic esters (lactones) is 1. The molecule has 2 aromatic carbocycles. The van der Waals surface area contributed by atoms with E-state index in [0.717, 1.165) is 39.0 Å². The monoisotopic (exact) mass is 789 g/mol. The molecular formula is C38H47NO17. The van der Waals surface area contributed by atoms with Crippen molar-refractivity contribution in [1.82, 2.24) is 5.32 Å². The van der Waals surface area contributed by atoms with E-state index in [0.29, 0.717) is 0 Å². The number of fused-ring (bicyclic) bond motifs is 1. The smallest absolute Gasteiger partial charge is 0.408 e. The largest absolute Gasteiger partial charge is 0.465 e. The summed E-state index contributed by atoms with van der Waals surface area (Å²) in [6.45, 7) is 2.43. The molecule has 3 saturated heterocycles. The molecule has 3 fully saturated rings. The van der Waals surface area contributed by atoms with Gasteiger partial charge in [-0.25, -0.2) is 9.59 Å². The van der Waals surface area contributed by atoms with Crippen LogP contribution in [0.1, 0.15) is 38.3 Å². The molecule has 3 aliphatic rings. The molecule has 56 heavy (non-hydrogen) atoms. The van der Waals surface area contributed by atoms with Gasteiger partial charge in [-0.05, 0) is 11.1 Å². The maximum Gasteiger partial charge on any atom is 0.408 e. The summed E-state index contributed by atoms with van der Waals surface area (Å²) in [6, 6.07) is 17.4. The second-order valence-electron chi connectivity index (χ2n) is 13.3. The number of carbonyl (C=O) groups excluding carboxylic acids is 5. The predicted molar refractivity (Wildman–Crippen MR) is 187 cm³/mol. The van der Waals surface area contributed by atoms with Gasteiger partial charge in [0.2, 0.25) is 0 Å². The first-order valence-corrected chi connectivity index (χ1v) is 17.9. The van der Waals surface area contributed by atoms with Gasteiger partial charge >= 0.3 is 30.0 Å². The highest BCUT2D eigenvalue weighted by atomic mass is 16.8. The first kappa shape index (κ1) is 42.5. The van der Waals surface area contributed by atoms with Crippen LogP contribution in [-0.4, -0.2) is 129 Å². The second-order valence-corrected chi connectivity index (χ2v) is 13.3. The zero-order valence-corrected chi connectivity index (χ0v) is 31.6. The summed E-state index contributed by atoms with van der Waals surface area (Å²) in [5.41, 5.74) is 1.67. The fourth-order valence-electron chi connectivity index (χ4n) is 6.75. The Kier molecular flexibility index (Phi) is 14.7. The molecule has 2 aromatic rings. The molecule has 1 amide bonds. The molecule has 3 heterocycles. The van der Waals surface area contributed by atoms with Crippen LogP contribution in [0.25, 0.3) is 0 Å². The fraction of sp³-hybridized carbons (Fsp3) is 0.553. The van der Waals surface area contributed by atoms with Crippen molar-refractivity contribution in [2.45, 2.75) is 107 Å². The number of ether oxygens (including phenoxy) is 11. The van der Waals surface area contributed by atoms with Gasteiger partial charge in [0.05, 0.1) is 39.4 Å². The van der Waals surface area contributed by atoms with Crippen molar-refractivity contribution in [2.24, 2.45) is 0 Å². The molecule has 0 aromatic heterocycles. The maximum absolute atomic E-state index is 13.7. The quantitative estimate of drug-likeness (QED) is 0.182. The molecule has 5 rings (SSSR count). The number of esters is 4. The second kappa shape index (κ2) is 19.4. The third-order valence-electron chi connectivity index (χ3n) is 9.25. The van der Waals surface area contributed by atoms with Gasteiger partial charge in [-0.3, -0.25) is 14.4 Å². The van der Waals surface area contributed by atoms with Gasteiger partial charge in [0.15, 0.2) is 18.5 Å². The van der Waals surface area contributed by atoms with Crippen LogP contribution in [0, 0.1) is 0 Å². The first-order chi connectivity index (χ1) is 26.8. The van der Waals surface area contributed by atoms with Crippen molar-refractivity contribution < 1.29 is 81.2 Å². The lowest BCUT2D eigenvalue weighted by atomic mass is 9.87. The molecule has 18 nitrogen and oxygen atoms in total. The van der Waals surface area contributed by atoms with Gasteiger partial charge in [0.25, 0.3) is 5.79 Å². The van der Waals surface area contributed by atoms with Crippen LogP contribution in [0.2, 0.25) is 0 Å². The number of nitrogens with one attached hydrogen (secondary N) is 1. The number of amides is 1. The number of rotatable bonds is 16. The van der Waals surface area contributed by atoms with Crippen LogP contribution < -0.4 is 5.32 Å². The Morgan fingerprint density at radius 3 is 2.07 bits per heavy atom. The van der Waals surface area contributed by atoms with E-state index in [1.165, 1.54) is 7.11 Å². The summed E-state index contributed by atoms with van der Waals surface area (Å²) in [5, 5.41) is 14.4. The standard InChI is InChI=1S/C38H47NO17/c1-21(40)48-19-28(53-23(3)42)31-32-29(39-37(45)55-31)26(52-22(2)41)16-38(56-32,36(44)47-5)51-20-27-30(43)33(49-17-24-12-8-6-9-13-24)34(35(46-4)54-27)50-18-25-14-10-7-11-15-25/h6-15,26-35,43H,16-20H2,1-5H3,(H,39,45)/t26-,27+,28+,29+,30-,31+,32+,33-,34+,35-,38+/m0/s1. The number of hydrogen-bond acceptors (Lipinski definition) is 17. The summed E-state index contributed by atoms with van der Waals surface area (Å²) < 4.78 is 63.5. The number of alkyl carbamates (subject to hydrolysis) is 1. The minimum atomic E-state index is -2.41. The molecule has 0 unspecified atom stereocenters. The summed E-state index contributed by atoms with van der Waals surface area (Å²) in [5.74, 6) is -5.83. The molecule has 0 radical (unpaired) electrons. The maximum atomic E-state index is 13.7. The lowest BCUT2D eigenvalue weighted by Crippen LogP contribution is -2.72. The minimum absolute atomic E-state index is 0.0874. The van der Waals surface area contributed by atoms with Crippen molar-refractivity contribution in [3.63, 3.8) is 0 Å². The van der Waals surface area contributed by atoms with E-state index in [9.17, 15) is 29.1 Å². The van der Waals surface area contributed by atoms with Gasteiger partial charge in [0, 0.05) is 27.9 Å². The molecule has 0 spiro atoms. The van der Waals surface area contributed by atoms with E-state index in [4.69, 9.17) is 52.1 Å². The summed E-state index contributed by atoms with van der Waals surface area (Å²) in [4.78, 5) is 62.8. The van der Waals surface area contributed by atoms with Crippen LogP contribution in [0.3, 0.4) is 0 Å². The SMILES string of the molecule is COC(=O)[C@@]1(OC[C@H]2O[C@H](OC)[C@H](OCc3ccccc3)[C@@H](OCc3ccccc3)[C@H]2O)C[C@H](OC(C)=O)[C@H]2NC(=O)O[C@H]([C@@H](COC(C)=O)OC(C)=O)[C@@H]2O1. The van der Waals surface area contributed by atoms with Crippen LogP contribution in [-0.2, 0) is 84.5 Å². The molecule has 2 N–H and O–H groups in total.